The lowest BCUT2D eigenvalue weighted by atomic mass is 10.0. The van der Waals surface area contributed by atoms with E-state index in [9.17, 15) is 32.7 Å². The van der Waals surface area contributed by atoms with E-state index in [0.29, 0.717) is 48.2 Å². The number of fused-ring (bicyclic) bond motifs is 1. The molecule has 0 spiro atoms. The van der Waals surface area contributed by atoms with Gasteiger partial charge >= 0.3 is 6.18 Å². The molecular weight excluding hydrogens is 503 g/mol. The van der Waals surface area contributed by atoms with E-state index in [-0.39, 0.29) is 23.5 Å². The Morgan fingerprint density at radius 2 is 2.05 bits per heavy atom. The molecule has 0 unspecified atom stereocenters. The number of aliphatic hydroxyl groups is 1. The highest BCUT2D eigenvalue weighted by Gasteiger charge is 2.30. The first-order valence-corrected chi connectivity index (χ1v) is 12.1. The Morgan fingerprint density at radius 3 is 2.76 bits per heavy atom. The smallest absolute Gasteiger partial charge is 0.392 e. The standard InChI is InChI=1S/C26H28F3N5O4/c1-33(24(37)10-16-5-6-20-21(9-16)32-23(36)12-30-20)22(14-34-8-7-19(35)13-34)17-3-2-4-18(11-17)25(38)31-15-26(27,28)29/h2-6,9,11-12,19,22,35H,7-8,10,13-15H2,1H3,(H,31,38)(H,32,36)/t19-,22+/m0/s1. The SMILES string of the molecule is CN(C(=O)Cc1ccc2ncc(=O)[nH]c2c1)[C@H](CN1CC[C@H](O)C1)c1cccc(C(=O)NCC(F)(F)F)c1. The molecule has 0 saturated carbocycles. The predicted molar refractivity (Wildman–Crippen MR) is 133 cm³/mol. The van der Waals surface area contributed by atoms with E-state index in [4.69, 9.17) is 0 Å². The van der Waals surface area contributed by atoms with E-state index in [0.717, 1.165) is 0 Å². The molecule has 3 aromatic rings. The van der Waals surface area contributed by atoms with Gasteiger partial charge in [-0.1, -0.05) is 18.2 Å². The second-order valence-electron chi connectivity index (χ2n) is 9.42. The van der Waals surface area contributed by atoms with Gasteiger partial charge in [0.1, 0.15) is 6.54 Å². The number of likely N-dealkylation sites (N-methyl/N-ethyl adjacent to an activating group) is 1. The molecular formula is C26H28F3N5O4. The number of nitrogens with one attached hydrogen (secondary N) is 2. The van der Waals surface area contributed by atoms with Gasteiger partial charge in [0.25, 0.3) is 11.5 Å². The Hall–Kier alpha value is -3.77. The molecule has 2 aromatic carbocycles. The number of β-amino-alcohol motifs (C(OH)–C–C–N with tert-alkyl or cyclic N) is 1. The van der Waals surface area contributed by atoms with Gasteiger partial charge in [0, 0.05) is 32.2 Å². The van der Waals surface area contributed by atoms with Gasteiger partial charge in [0.2, 0.25) is 5.91 Å². The third-order valence-corrected chi connectivity index (χ3v) is 6.52. The average molecular weight is 532 g/mol. The lowest BCUT2D eigenvalue weighted by Gasteiger charge is -2.32. The molecule has 3 N–H and O–H groups in total. The number of amides is 2. The van der Waals surface area contributed by atoms with Crippen LogP contribution in [0.25, 0.3) is 11.0 Å². The number of rotatable bonds is 8. The largest absolute Gasteiger partial charge is 0.405 e. The minimum Gasteiger partial charge on any atom is -0.392 e. The zero-order chi connectivity index (χ0) is 27.4. The van der Waals surface area contributed by atoms with Crippen LogP contribution >= 0.6 is 0 Å². The number of nitrogens with zero attached hydrogens (tertiary/aromatic N) is 3. The van der Waals surface area contributed by atoms with Crippen LogP contribution in [0.1, 0.15) is 33.9 Å². The number of hydrogen-bond donors (Lipinski definition) is 3. The van der Waals surface area contributed by atoms with Crippen LogP contribution in [0.4, 0.5) is 13.2 Å². The highest BCUT2D eigenvalue weighted by molar-refractivity contribution is 5.94. The van der Waals surface area contributed by atoms with Gasteiger partial charge in [-0.2, -0.15) is 13.2 Å². The fraction of sp³-hybridized carbons (Fsp3) is 0.385. The molecule has 38 heavy (non-hydrogen) atoms. The van der Waals surface area contributed by atoms with Gasteiger partial charge in [-0.05, 0) is 41.8 Å². The molecule has 4 rings (SSSR count). The number of carbonyl (C=O) groups is 2. The van der Waals surface area contributed by atoms with Crippen molar-refractivity contribution in [2.45, 2.75) is 31.2 Å². The molecule has 2 amide bonds. The summed E-state index contributed by atoms with van der Waals surface area (Å²) in [6.45, 7) is -0.0379. The molecule has 1 saturated heterocycles. The van der Waals surface area contributed by atoms with E-state index in [1.807, 2.05) is 10.2 Å². The highest BCUT2D eigenvalue weighted by atomic mass is 19.4. The highest BCUT2D eigenvalue weighted by Crippen LogP contribution is 2.25. The topological polar surface area (TPSA) is 119 Å². The van der Waals surface area contributed by atoms with Crippen molar-refractivity contribution in [1.82, 2.24) is 25.1 Å². The summed E-state index contributed by atoms with van der Waals surface area (Å²) in [5, 5.41) is 11.8. The Morgan fingerprint density at radius 1 is 1.26 bits per heavy atom. The molecule has 0 bridgehead atoms. The van der Waals surface area contributed by atoms with Crippen molar-refractivity contribution in [3.63, 3.8) is 0 Å². The summed E-state index contributed by atoms with van der Waals surface area (Å²) >= 11 is 0. The van der Waals surface area contributed by atoms with Crippen molar-refractivity contribution >= 4 is 22.8 Å². The van der Waals surface area contributed by atoms with Crippen LogP contribution < -0.4 is 10.9 Å². The van der Waals surface area contributed by atoms with Crippen LogP contribution in [0.15, 0.2) is 53.5 Å². The molecule has 0 radical (unpaired) electrons. The first-order chi connectivity index (χ1) is 18.0. The quantitative estimate of drug-likeness (QED) is 0.410. The number of H-pyrrole nitrogens is 1. The first-order valence-electron chi connectivity index (χ1n) is 12.1. The third-order valence-electron chi connectivity index (χ3n) is 6.52. The maximum atomic E-state index is 13.4. The van der Waals surface area contributed by atoms with Crippen LogP contribution in [0.3, 0.4) is 0 Å². The second kappa shape index (κ2) is 11.3. The van der Waals surface area contributed by atoms with Crippen LogP contribution in [0.2, 0.25) is 0 Å². The Kier molecular flexibility index (Phi) is 8.12. The van der Waals surface area contributed by atoms with Crippen LogP contribution in [0.5, 0.6) is 0 Å². The lowest BCUT2D eigenvalue weighted by molar-refractivity contribution is -0.131. The molecule has 2 atom stereocenters. The first kappa shape index (κ1) is 27.3. The normalized spacial score (nSPS) is 16.9. The summed E-state index contributed by atoms with van der Waals surface area (Å²) in [7, 11) is 1.63. The molecule has 9 nitrogen and oxygen atoms in total. The number of alkyl halides is 3. The molecule has 0 aliphatic carbocycles. The summed E-state index contributed by atoms with van der Waals surface area (Å²) in [6.07, 6.45) is -3.23. The minimum atomic E-state index is -4.54. The fourth-order valence-corrected chi connectivity index (χ4v) is 4.52. The van der Waals surface area contributed by atoms with Gasteiger partial charge in [0.05, 0.1) is 35.8 Å². The van der Waals surface area contributed by atoms with E-state index in [1.54, 1.807) is 37.4 Å². The number of benzene rings is 2. The zero-order valence-corrected chi connectivity index (χ0v) is 20.7. The third kappa shape index (κ3) is 6.95. The van der Waals surface area contributed by atoms with Gasteiger partial charge in [-0.25, -0.2) is 4.98 Å². The van der Waals surface area contributed by atoms with Gasteiger partial charge in [-0.15, -0.1) is 0 Å². The fourth-order valence-electron chi connectivity index (χ4n) is 4.52. The van der Waals surface area contributed by atoms with Crippen molar-refractivity contribution in [3.8, 4) is 0 Å². The molecule has 2 heterocycles. The summed E-state index contributed by atoms with van der Waals surface area (Å²) < 4.78 is 37.7. The Bertz CT molecular complexity index is 1380. The van der Waals surface area contributed by atoms with Crippen molar-refractivity contribution < 1.29 is 27.9 Å². The van der Waals surface area contributed by atoms with Crippen LogP contribution in [-0.4, -0.2) is 82.2 Å². The van der Waals surface area contributed by atoms with Crippen LogP contribution in [0, 0.1) is 0 Å². The van der Waals surface area contributed by atoms with E-state index in [1.165, 1.54) is 23.2 Å². The monoisotopic (exact) mass is 531 g/mol. The van der Waals surface area contributed by atoms with E-state index >= 15 is 0 Å². The van der Waals surface area contributed by atoms with E-state index in [2.05, 4.69) is 9.97 Å². The van der Waals surface area contributed by atoms with Gasteiger partial charge < -0.3 is 20.3 Å². The molecule has 1 aliphatic heterocycles. The lowest BCUT2D eigenvalue weighted by Crippen LogP contribution is -2.40. The van der Waals surface area contributed by atoms with Gasteiger partial charge in [-0.3, -0.25) is 19.3 Å². The minimum absolute atomic E-state index is 0.0221. The number of aliphatic hydroxyl groups excluding tert-OH is 1. The number of aromatic nitrogens is 2. The summed E-state index contributed by atoms with van der Waals surface area (Å²) in [4.78, 5) is 47.6. The van der Waals surface area contributed by atoms with E-state index < -0.39 is 30.8 Å². The molecule has 1 fully saturated rings. The Balaban J connectivity index is 1.56. The molecule has 202 valence electrons. The number of hydrogen-bond acceptors (Lipinski definition) is 6. The number of halogens is 3. The average Bonchev–Trinajstić information content (AvgIpc) is 3.29. The predicted octanol–water partition coefficient (Wildman–Crippen LogP) is 2.02. The Labute approximate surface area is 216 Å². The molecule has 1 aliphatic rings. The zero-order valence-electron chi connectivity index (χ0n) is 20.7. The molecule has 1 aromatic heterocycles. The summed E-state index contributed by atoms with van der Waals surface area (Å²) in [5.41, 5.74) is 2.02. The van der Waals surface area contributed by atoms with Crippen molar-refractivity contribution in [3.05, 3.63) is 75.7 Å². The number of carbonyl (C=O) groups excluding carboxylic acids is 2. The maximum absolute atomic E-state index is 13.4. The van der Waals surface area contributed by atoms with Crippen molar-refractivity contribution in [2.24, 2.45) is 0 Å². The second-order valence-corrected chi connectivity index (χ2v) is 9.42. The molecule has 12 heteroatoms. The van der Waals surface area contributed by atoms with Crippen molar-refractivity contribution in [2.75, 3.05) is 33.2 Å². The van der Waals surface area contributed by atoms with Gasteiger partial charge in [0.15, 0.2) is 0 Å². The van der Waals surface area contributed by atoms with Crippen molar-refractivity contribution in [1.29, 1.82) is 0 Å². The summed E-state index contributed by atoms with van der Waals surface area (Å²) in [6, 6.07) is 10.8. The number of likely N-dealkylation sites (tertiary alicyclic amines) is 1. The number of aromatic amines is 1. The van der Waals surface area contributed by atoms with Crippen LogP contribution in [-0.2, 0) is 11.2 Å². The summed E-state index contributed by atoms with van der Waals surface area (Å²) in [5.74, 6) is -1.11. The maximum Gasteiger partial charge on any atom is 0.405 e.